The highest BCUT2D eigenvalue weighted by Crippen LogP contribution is 2.29. The minimum atomic E-state index is 0.859. The van der Waals surface area contributed by atoms with E-state index in [0.717, 1.165) is 56.1 Å². The molecule has 26 heavy (non-hydrogen) atoms. The molecule has 0 radical (unpaired) electrons. The summed E-state index contributed by atoms with van der Waals surface area (Å²) >= 11 is 1.60. The monoisotopic (exact) mass is 364 g/mol. The van der Waals surface area contributed by atoms with Crippen molar-refractivity contribution in [2.75, 3.05) is 37.6 Å². The summed E-state index contributed by atoms with van der Waals surface area (Å²) in [7, 11) is 0. The van der Waals surface area contributed by atoms with Gasteiger partial charge in [0, 0.05) is 38.1 Å². The summed E-state index contributed by atoms with van der Waals surface area (Å²) < 4.78 is 11.3. The van der Waals surface area contributed by atoms with Crippen molar-refractivity contribution in [1.29, 1.82) is 0 Å². The first-order chi connectivity index (χ1) is 12.9. The van der Waals surface area contributed by atoms with E-state index in [1.165, 1.54) is 22.0 Å². The first-order valence-electron chi connectivity index (χ1n) is 9.01. The van der Waals surface area contributed by atoms with Crippen molar-refractivity contribution in [3.8, 4) is 0 Å². The predicted octanol–water partition coefficient (Wildman–Crippen LogP) is 3.80. The quantitative estimate of drug-likeness (QED) is 0.551. The molecular weight excluding hydrogens is 344 g/mol. The van der Waals surface area contributed by atoms with Gasteiger partial charge in [-0.25, -0.2) is 4.98 Å². The maximum Gasteiger partial charge on any atom is 0.181 e. The van der Waals surface area contributed by atoms with Crippen molar-refractivity contribution in [2.24, 2.45) is 0 Å². The second-order valence-corrected chi connectivity index (χ2v) is 7.54. The van der Waals surface area contributed by atoms with Crippen LogP contribution in [0, 0.1) is 0 Å². The Morgan fingerprint density at radius 1 is 1.04 bits per heavy atom. The summed E-state index contributed by atoms with van der Waals surface area (Å²) in [6, 6.07) is 14.8. The van der Waals surface area contributed by atoms with E-state index in [2.05, 4.69) is 51.2 Å². The smallest absolute Gasteiger partial charge is 0.181 e. The van der Waals surface area contributed by atoms with Crippen LogP contribution in [-0.2, 0) is 6.42 Å². The summed E-state index contributed by atoms with van der Waals surface area (Å²) in [6.45, 7) is 5.32. The van der Waals surface area contributed by atoms with Gasteiger partial charge in [-0.15, -0.1) is 0 Å². The zero-order valence-corrected chi connectivity index (χ0v) is 15.3. The van der Waals surface area contributed by atoms with Crippen LogP contribution in [0.1, 0.15) is 5.56 Å². The first kappa shape index (κ1) is 15.8. The summed E-state index contributed by atoms with van der Waals surface area (Å²) in [4.78, 5) is 9.21. The molecule has 2 aromatic carbocycles. The van der Waals surface area contributed by atoms with Crippen LogP contribution < -0.4 is 4.90 Å². The van der Waals surface area contributed by atoms with Crippen LogP contribution in [0.25, 0.3) is 21.2 Å². The average molecular weight is 364 g/mol. The molecule has 1 aliphatic heterocycles. The number of rotatable bonds is 4. The highest BCUT2D eigenvalue weighted by atomic mass is 32.1. The number of benzene rings is 2. The van der Waals surface area contributed by atoms with E-state index in [1.54, 1.807) is 11.5 Å². The largest absolute Gasteiger partial charge is 0.443 e. The third kappa shape index (κ3) is 2.95. The molecule has 1 saturated heterocycles. The van der Waals surface area contributed by atoms with E-state index in [9.17, 15) is 0 Å². The molecule has 3 heterocycles. The van der Waals surface area contributed by atoms with Gasteiger partial charge >= 0.3 is 0 Å². The molecule has 1 aliphatic rings. The van der Waals surface area contributed by atoms with Gasteiger partial charge in [0.05, 0.1) is 4.70 Å². The maximum absolute atomic E-state index is 5.31. The van der Waals surface area contributed by atoms with E-state index in [0.29, 0.717) is 0 Å². The van der Waals surface area contributed by atoms with Crippen LogP contribution >= 0.6 is 11.5 Å². The van der Waals surface area contributed by atoms with E-state index in [-0.39, 0.29) is 0 Å². The number of anilines is 1. The highest BCUT2D eigenvalue weighted by molar-refractivity contribution is 7.13. The second kappa shape index (κ2) is 6.70. The second-order valence-electron chi connectivity index (χ2n) is 6.74. The zero-order valence-electron chi connectivity index (χ0n) is 14.5. The van der Waals surface area contributed by atoms with Crippen molar-refractivity contribution in [1.82, 2.24) is 14.3 Å². The summed E-state index contributed by atoms with van der Waals surface area (Å²) in [6.07, 6.45) is 2.55. The van der Waals surface area contributed by atoms with Crippen LogP contribution in [0.3, 0.4) is 0 Å². The fourth-order valence-electron chi connectivity index (χ4n) is 3.63. The van der Waals surface area contributed by atoms with Crippen LogP contribution in [0.5, 0.6) is 0 Å². The number of hydrogen-bond acceptors (Lipinski definition) is 6. The van der Waals surface area contributed by atoms with Gasteiger partial charge in [0.15, 0.2) is 12.0 Å². The Morgan fingerprint density at radius 3 is 2.85 bits per heavy atom. The minimum absolute atomic E-state index is 0.859. The van der Waals surface area contributed by atoms with Gasteiger partial charge in [0.2, 0.25) is 0 Å². The molecule has 0 aliphatic carbocycles. The standard InChI is InChI=1S/C20H20N4OS/c1-2-4-19-16(3-1)20(22-26-19)24-11-9-23(10-12-24)8-7-15-5-6-18-17(13-15)21-14-25-18/h1-6,13-14H,7-12H2. The molecule has 0 amide bonds. The molecule has 0 bridgehead atoms. The summed E-state index contributed by atoms with van der Waals surface area (Å²) in [5.41, 5.74) is 3.12. The molecule has 0 saturated carbocycles. The van der Waals surface area contributed by atoms with Gasteiger partial charge < -0.3 is 9.32 Å². The third-order valence-electron chi connectivity index (χ3n) is 5.14. The predicted molar refractivity (Wildman–Crippen MR) is 106 cm³/mol. The number of piperazine rings is 1. The molecule has 5 rings (SSSR count). The third-order valence-corrected chi connectivity index (χ3v) is 5.96. The Morgan fingerprint density at radius 2 is 1.92 bits per heavy atom. The Balaban J connectivity index is 1.20. The van der Waals surface area contributed by atoms with E-state index >= 15 is 0 Å². The lowest BCUT2D eigenvalue weighted by Gasteiger charge is -2.35. The lowest BCUT2D eigenvalue weighted by molar-refractivity contribution is 0.261. The van der Waals surface area contributed by atoms with Crippen molar-refractivity contribution < 1.29 is 4.42 Å². The molecule has 1 fully saturated rings. The van der Waals surface area contributed by atoms with Crippen LogP contribution in [0.15, 0.2) is 53.3 Å². The van der Waals surface area contributed by atoms with Gasteiger partial charge in [0.1, 0.15) is 11.3 Å². The highest BCUT2D eigenvalue weighted by Gasteiger charge is 2.20. The normalized spacial score (nSPS) is 15.9. The van der Waals surface area contributed by atoms with Crippen LogP contribution in [-0.4, -0.2) is 47.0 Å². The van der Waals surface area contributed by atoms with E-state index < -0.39 is 0 Å². The van der Waals surface area contributed by atoms with Gasteiger partial charge in [-0.3, -0.25) is 4.90 Å². The number of aromatic nitrogens is 2. The lowest BCUT2D eigenvalue weighted by atomic mass is 10.1. The SMILES string of the molecule is c1ccc2c(N3CCN(CCc4ccc5ocnc5c4)CC3)nsc2c1. The summed E-state index contributed by atoms with van der Waals surface area (Å²) in [5.74, 6) is 1.15. The fraction of sp³-hybridized carbons (Fsp3) is 0.300. The number of nitrogens with zero attached hydrogens (tertiary/aromatic N) is 4. The van der Waals surface area contributed by atoms with E-state index in [1.807, 2.05) is 6.07 Å². The molecule has 2 aromatic heterocycles. The number of fused-ring (bicyclic) bond motifs is 2. The molecule has 0 atom stereocenters. The molecule has 6 heteroatoms. The average Bonchev–Trinajstić information content (AvgIpc) is 3.33. The Bertz CT molecular complexity index is 1030. The molecular formula is C20H20N4OS. The minimum Gasteiger partial charge on any atom is -0.443 e. The van der Waals surface area contributed by atoms with Gasteiger partial charge in [-0.05, 0) is 47.8 Å². The molecule has 5 nitrogen and oxygen atoms in total. The molecule has 132 valence electrons. The zero-order chi connectivity index (χ0) is 17.3. The maximum atomic E-state index is 5.31. The van der Waals surface area contributed by atoms with Crippen LogP contribution in [0.4, 0.5) is 5.82 Å². The summed E-state index contributed by atoms with van der Waals surface area (Å²) in [5, 5.41) is 1.28. The van der Waals surface area contributed by atoms with Crippen molar-refractivity contribution in [3.05, 3.63) is 54.4 Å². The molecule has 0 N–H and O–H groups in total. The Hall–Kier alpha value is -2.44. The van der Waals surface area contributed by atoms with Crippen molar-refractivity contribution >= 4 is 38.5 Å². The van der Waals surface area contributed by atoms with Crippen LogP contribution in [0.2, 0.25) is 0 Å². The van der Waals surface area contributed by atoms with Crippen molar-refractivity contribution in [2.45, 2.75) is 6.42 Å². The number of hydrogen-bond donors (Lipinski definition) is 0. The van der Waals surface area contributed by atoms with Crippen molar-refractivity contribution in [3.63, 3.8) is 0 Å². The van der Waals surface area contributed by atoms with E-state index in [4.69, 9.17) is 8.79 Å². The topological polar surface area (TPSA) is 45.4 Å². The number of oxazole rings is 1. The fourth-order valence-corrected chi connectivity index (χ4v) is 4.43. The molecule has 0 unspecified atom stereocenters. The Labute approximate surface area is 156 Å². The first-order valence-corrected chi connectivity index (χ1v) is 9.78. The van der Waals surface area contributed by atoms with Gasteiger partial charge in [-0.2, -0.15) is 4.37 Å². The lowest BCUT2D eigenvalue weighted by Crippen LogP contribution is -2.47. The molecule has 0 spiro atoms. The van der Waals surface area contributed by atoms with Gasteiger partial charge in [-0.1, -0.05) is 18.2 Å². The Kier molecular flexibility index (Phi) is 4.07. The van der Waals surface area contributed by atoms with Gasteiger partial charge in [0.25, 0.3) is 0 Å². The molecule has 4 aromatic rings.